The van der Waals surface area contributed by atoms with Gasteiger partial charge in [0.25, 0.3) is 11.8 Å². The van der Waals surface area contributed by atoms with Gasteiger partial charge in [-0.1, -0.05) is 17.7 Å². The number of carbonyl (C=O) groups excluding carboxylic acids is 2. The monoisotopic (exact) mass is 294 g/mol. The first kappa shape index (κ1) is 16.2. The number of nitrogens with zero attached hydrogens (tertiary/aromatic N) is 1. The number of hydrogen-bond acceptors (Lipinski definition) is 2. The Hall–Kier alpha value is -1.81. The Morgan fingerprint density at radius 2 is 1.75 bits per heavy atom. The summed E-state index contributed by atoms with van der Waals surface area (Å²) in [7, 11) is 0. The van der Waals surface area contributed by atoms with Gasteiger partial charge in [0, 0.05) is 16.7 Å². The van der Waals surface area contributed by atoms with Gasteiger partial charge in [-0.3, -0.25) is 15.0 Å². The molecule has 0 radical (unpaired) electrons. The first-order valence-electron chi connectivity index (χ1n) is 6.29. The molecule has 0 saturated heterocycles. The van der Waals surface area contributed by atoms with Crippen LogP contribution in [0.5, 0.6) is 0 Å². The SMILES string of the molecule is CC=CC(=O)NN(C(=O)c1ccc(Cl)cc1)C(C)(C)C. The predicted octanol–water partition coefficient (Wildman–Crippen LogP) is 3.19. The van der Waals surface area contributed by atoms with Gasteiger partial charge >= 0.3 is 0 Å². The number of benzene rings is 1. The number of nitrogens with one attached hydrogen (secondary N) is 1. The fraction of sp³-hybridized carbons (Fsp3) is 0.333. The van der Waals surface area contributed by atoms with Crippen molar-refractivity contribution in [2.75, 3.05) is 0 Å². The molecule has 1 rings (SSSR count). The zero-order chi connectivity index (χ0) is 15.3. The summed E-state index contributed by atoms with van der Waals surface area (Å²) in [6.45, 7) is 7.27. The molecule has 0 aromatic heterocycles. The van der Waals surface area contributed by atoms with E-state index in [1.807, 2.05) is 20.8 Å². The van der Waals surface area contributed by atoms with Crippen molar-refractivity contribution in [3.05, 3.63) is 47.0 Å². The number of allylic oxidation sites excluding steroid dienone is 1. The average molecular weight is 295 g/mol. The van der Waals surface area contributed by atoms with E-state index >= 15 is 0 Å². The third-order valence-corrected chi connectivity index (χ3v) is 2.76. The number of hydrazine groups is 1. The number of carbonyl (C=O) groups is 2. The van der Waals surface area contributed by atoms with Crippen molar-refractivity contribution in [3.63, 3.8) is 0 Å². The Bertz CT molecular complexity index is 516. The summed E-state index contributed by atoms with van der Waals surface area (Å²) >= 11 is 5.81. The number of hydrogen-bond donors (Lipinski definition) is 1. The highest BCUT2D eigenvalue weighted by molar-refractivity contribution is 6.30. The lowest BCUT2D eigenvalue weighted by molar-refractivity contribution is -0.122. The van der Waals surface area contributed by atoms with Crippen molar-refractivity contribution in [1.82, 2.24) is 10.4 Å². The van der Waals surface area contributed by atoms with Crippen molar-refractivity contribution in [1.29, 1.82) is 0 Å². The first-order chi connectivity index (χ1) is 9.25. The summed E-state index contributed by atoms with van der Waals surface area (Å²) in [5, 5.41) is 1.88. The largest absolute Gasteiger partial charge is 0.272 e. The van der Waals surface area contributed by atoms with Gasteiger partial charge in [0.15, 0.2) is 0 Å². The van der Waals surface area contributed by atoms with Crippen LogP contribution in [0.4, 0.5) is 0 Å². The summed E-state index contributed by atoms with van der Waals surface area (Å²) < 4.78 is 0. The normalized spacial score (nSPS) is 11.4. The highest BCUT2D eigenvalue weighted by Gasteiger charge is 2.28. The number of halogens is 1. The lowest BCUT2D eigenvalue weighted by atomic mass is 10.1. The van der Waals surface area contributed by atoms with Crippen molar-refractivity contribution in [2.45, 2.75) is 33.2 Å². The second-order valence-electron chi connectivity index (χ2n) is 5.29. The molecule has 0 spiro atoms. The van der Waals surface area contributed by atoms with E-state index in [0.717, 1.165) is 0 Å². The van der Waals surface area contributed by atoms with Gasteiger partial charge in [-0.2, -0.15) is 0 Å². The molecule has 0 aliphatic rings. The molecule has 0 fully saturated rings. The molecule has 0 unspecified atom stereocenters. The maximum Gasteiger partial charge on any atom is 0.272 e. The molecule has 0 aliphatic carbocycles. The zero-order valence-electron chi connectivity index (χ0n) is 12.1. The van der Waals surface area contributed by atoms with Crippen LogP contribution in [-0.4, -0.2) is 22.4 Å². The number of rotatable bonds is 2. The van der Waals surface area contributed by atoms with Crippen LogP contribution in [-0.2, 0) is 4.79 Å². The minimum absolute atomic E-state index is 0.285. The van der Waals surface area contributed by atoms with Crippen LogP contribution < -0.4 is 5.43 Å². The Morgan fingerprint density at radius 1 is 1.20 bits per heavy atom. The van der Waals surface area contributed by atoms with Gasteiger partial charge in [0.05, 0.1) is 5.54 Å². The molecule has 20 heavy (non-hydrogen) atoms. The van der Waals surface area contributed by atoms with Gasteiger partial charge in [0.1, 0.15) is 0 Å². The molecule has 108 valence electrons. The lowest BCUT2D eigenvalue weighted by Crippen LogP contribution is -2.55. The van der Waals surface area contributed by atoms with Crippen LogP contribution in [0.1, 0.15) is 38.1 Å². The van der Waals surface area contributed by atoms with Crippen LogP contribution >= 0.6 is 11.6 Å². The minimum atomic E-state index is -0.548. The van der Waals surface area contributed by atoms with Crippen molar-refractivity contribution in [2.24, 2.45) is 0 Å². The average Bonchev–Trinajstić information content (AvgIpc) is 2.35. The Labute approximate surface area is 124 Å². The quantitative estimate of drug-likeness (QED) is 0.673. The van der Waals surface area contributed by atoms with E-state index < -0.39 is 5.54 Å². The Kier molecular flexibility index (Phi) is 5.34. The molecule has 4 nitrogen and oxygen atoms in total. The third kappa shape index (κ3) is 4.38. The van der Waals surface area contributed by atoms with Crippen LogP contribution in [0.15, 0.2) is 36.4 Å². The molecular weight excluding hydrogens is 276 g/mol. The van der Waals surface area contributed by atoms with Crippen LogP contribution in [0, 0.1) is 0 Å². The topological polar surface area (TPSA) is 49.4 Å². The summed E-state index contributed by atoms with van der Waals surface area (Å²) in [5.74, 6) is -0.628. The van der Waals surface area contributed by atoms with E-state index in [-0.39, 0.29) is 11.8 Å². The molecule has 0 bridgehead atoms. The smallest absolute Gasteiger partial charge is 0.268 e. The molecule has 0 heterocycles. The number of amides is 2. The maximum absolute atomic E-state index is 12.5. The van der Waals surface area contributed by atoms with Crippen molar-refractivity contribution in [3.8, 4) is 0 Å². The van der Waals surface area contributed by atoms with Gasteiger partial charge in [0.2, 0.25) is 0 Å². The van der Waals surface area contributed by atoms with E-state index in [1.165, 1.54) is 11.1 Å². The molecule has 1 aromatic carbocycles. The van der Waals surface area contributed by atoms with E-state index in [0.29, 0.717) is 10.6 Å². The summed E-state index contributed by atoms with van der Waals surface area (Å²) in [4.78, 5) is 24.2. The van der Waals surface area contributed by atoms with Gasteiger partial charge in [-0.25, -0.2) is 5.01 Å². The summed E-state index contributed by atoms with van der Waals surface area (Å²) in [5.41, 5.74) is 2.51. The highest BCUT2D eigenvalue weighted by atomic mass is 35.5. The predicted molar refractivity (Wildman–Crippen MR) is 80.3 cm³/mol. The van der Waals surface area contributed by atoms with Gasteiger partial charge in [-0.05, 0) is 52.0 Å². The lowest BCUT2D eigenvalue weighted by Gasteiger charge is -2.35. The standard InChI is InChI=1S/C15H19ClN2O2/c1-5-6-13(19)17-18(15(2,3)4)14(20)11-7-9-12(16)10-8-11/h5-10H,1-4H3,(H,17,19). The van der Waals surface area contributed by atoms with E-state index in [1.54, 1.807) is 37.3 Å². The third-order valence-electron chi connectivity index (χ3n) is 2.51. The molecule has 0 atom stereocenters. The van der Waals surface area contributed by atoms with E-state index in [9.17, 15) is 9.59 Å². The minimum Gasteiger partial charge on any atom is -0.268 e. The molecule has 0 saturated carbocycles. The second kappa shape index (κ2) is 6.57. The van der Waals surface area contributed by atoms with Crippen molar-refractivity contribution < 1.29 is 9.59 Å². The van der Waals surface area contributed by atoms with E-state index in [4.69, 9.17) is 11.6 Å². The van der Waals surface area contributed by atoms with Gasteiger partial charge < -0.3 is 0 Å². The van der Waals surface area contributed by atoms with Gasteiger partial charge in [-0.15, -0.1) is 0 Å². The molecule has 1 aromatic rings. The molecule has 2 amide bonds. The maximum atomic E-state index is 12.5. The Balaban J connectivity index is 3.02. The van der Waals surface area contributed by atoms with Crippen LogP contribution in [0.3, 0.4) is 0 Å². The highest BCUT2D eigenvalue weighted by Crippen LogP contribution is 2.17. The molecule has 1 N–H and O–H groups in total. The Morgan fingerprint density at radius 3 is 2.20 bits per heavy atom. The molecule has 0 aliphatic heterocycles. The second-order valence-corrected chi connectivity index (χ2v) is 5.73. The summed E-state index contributed by atoms with van der Waals surface area (Å²) in [6.07, 6.45) is 2.98. The van der Waals surface area contributed by atoms with Crippen molar-refractivity contribution >= 4 is 23.4 Å². The van der Waals surface area contributed by atoms with Crippen LogP contribution in [0.2, 0.25) is 5.02 Å². The molecule has 5 heteroatoms. The molecular formula is C15H19ClN2O2. The zero-order valence-corrected chi connectivity index (χ0v) is 12.9. The summed E-state index contributed by atoms with van der Waals surface area (Å²) in [6, 6.07) is 6.54. The van der Waals surface area contributed by atoms with Crippen LogP contribution in [0.25, 0.3) is 0 Å². The fourth-order valence-electron chi connectivity index (χ4n) is 1.54. The fourth-order valence-corrected chi connectivity index (χ4v) is 1.67. The first-order valence-corrected chi connectivity index (χ1v) is 6.67. The van der Waals surface area contributed by atoms with E-state index in [2.05, 4.69) is 5.43 Å².